The van der Waals surface area contributed by atoms with E-state index in [1.165, 1.54) is 10.8 Å². The molecule has 0 aliphatic heterocycles. The lowest BCUT2D eigenvalue weighted by Gasteiger charge is -2.08. The van der Waals surface area contributed by atoms with Crippen molar-refractivity contribution in [3.63, 3.8) is 0 Å². The van der Waals surface area contributed by atoms with E-state index in [-0.39, 0.29) is 30.7 Å². The van der Waals surface area contributed by atoms with Crippen LogP contribution < -0.4 is 16.0 Å². The number of carbonyl (C=O) groups is 3. The molecular formula is C12H19N5O3. The fraction of sp³-hybridized carbons (Fsp3) is 0.500. The first kappa shape index (κ1) is 15.7. The van der Waals surface area contributed by atoms with E-state index in [0.29, 0.717) is 12.2 Å². The lowest BCUT2D eigenvalue weighted by Crippen LogP contribution is -2.34. The Bertz CT molecular complexity index is 495. The maximum absolute atomic E-state index is 11.8. The van der Waals surface area contributed by atoms with Crippen LogP contribution in [0.2, 0.25) is 0 Å². The average molecular weight is 281 g/mol. The fourth-order valence-electron chi connectivity index (χ4n) is 1.57. The number of anilines is 1. The molecule has 0 atom stereocenters. The Labute approximate surface area is 116 Å². The highest BCUT2D eigenvalue weighted by Gasteiger charge is 2.13. The highest BCUT2D eigenvalue weighted by atomic mass is 16.2. The molecular weight excluding hydrogens is 262 g/mol. The molecule has 0 spiro atoms. The van der Waals surface area contributed by atoms with Crippen LogP contribution in [-0.2, 0) is 16.6 Å². The monoisotopic (exact) mass is 281 g/mol. The Hall–Kier alpha value is -2.38. The van der Waals surface area contributed by atoms with Gasteiger partial charge >= 0.3 is 0 Å². The Balaban J connectivity index is 2.47. The minimum absolute atomic E-state index is 0.0738. The van der Waals surface area contributed by atoms with Crippen molar-refractivity contribution in [1.82, 2.24) is 20.2 Å². The number of aryl methyl sites for hydroxylation is 1. The molecule has 1 aromatic heterocycles. The molecule has 8 nitrogen and oxygen atoms in total. The van der Waals surface area contributed by atoms with E-state index in [1.807, 2.05) is 13.8 Å². The van der Waals surface area contributed by atoms with Crippen LogP contribution in [0.5, 0.6) is 0 Å². The lowest BCUT2D eigenvalue weighted by molar-refractivity contribution is -0.121. The van der Waals surface area contributed by atoms with Crippen LogP contribution in [0.25, 0.3) is 0 Å². The molecule has 0 aromatic carbocycles. The smallest absolute Gasteiger partial charge is 0.287 e. The topological polar surface area (TPSA) is 105 Å². The third-order valence-electron chi connectivity index (χ3n) is 2.37. The predicted molar refractivity (Wildman–Crippen MR) is 73.1 cm³/mol. The minimum Gasteiger partial charge on any atom is -0.354 e. The van der Waals surface area contributed by atoms with E-state index in [1.54, 1.807) is 7.05 Å². The highest BCUT2D eigenvalue weighted by molar-refractivity contribution is 5.92. The second kappa shape index (κ2) is 7.27. The molecule has 0 radical (unpaired) electrons. The first-order chi connectivity index (χ1) is 9.43. The fourth-order valence-corrected chi connectivity index (χ4v) is 1.57. The molecule has 0 bridgehead atoms. The molecule has 1 rings (SSSR count). The van der Waals surface area contributed by atoms with Gasteiger partial charge < -0.3 is 20.5 Å². The zero-order valence-electron chi connectivity index (χ0n) is 11.8. The predicted octanol–water partition coefficient (Wildman–Crippen LogP) is -0.367. The molecule has 0 aliphatic rings. The van der Waals surface area contributed by atoms with Gasteiger partial charge in [-0.1, -0.05) is 0 Å². The standard InChI is InChI=1S/C12H19N5O3/c1-8(2)15-10(19)4-5-13-12(20)11-16-9(14-7-18)6-17(11)3/h6-8H,4-5H2,1-3H3,(H,13,20)(H,14,18)(H,15,19). The van der Waals surface area contributed by atoms with Crippen LogP contribution in [-0.4, -0.2) is 40.4 Å². The van der Waals surface area contributed by atoms with Gasteiger partial charge in [0.1, 0.15) is 0 Å². The zero-order chi connectivity index (χ0) is 15.1. The molecule has 1 aromatic rings. The van der Waals surface area contributed by atoms with E-state index >= 15 is 0 Å². The van der Waals surface area contributed by atoms with Crippen LogP contribution in [0.1, 0.15) is 30.9 Å². The Morgan fingerprint density at radius 1 is 1.45 bits per heavy atom. The second-order valence-corrected chi connectivity index (χ2v) is 4.55. The normalized spacial score (nSPS) is 10.2. The number of amides is 3. The van der Waals surface area contributed by atoms with Gasteiger partial charge in [-0.25, -0.2) is 4.98 Å². The molecule has 1 heterocycles. The number of rotatable bonds is 7. The summed E-state index contributed by atoms with van der Waals surface area (Å²) >= 11 is 0. The first-order valence-corrected chi connectivity index (χ1v) is 6.25. The van der Waals surface area contributed by atoms with E-state index in [4.69, 9.17) is 0 Å². The minimum atomic E-state index is -0.399. The number of imidazole rings is 1. The van der Waals surface area contributed by atoms with Crippen LogP contribution in [0.3, 0.4) is 0 Å². The van der Waals surface area contributed by atoms with Gasteiger partial charge in [0.05, 0.1) is 0 Å². The highest BCUT2D eigenvalue weighted by Crippen LogP contribution is 2.05. The van der Waals surface area contributed by atoms with Gasteiger partial charge in [-0.05, 0) is 13.8 Å². The summed E-state index contributed by atoms with van der Waals surface area (Å²) in [6, 6.07) is 0.0738. The number of nitrogens with zero attached hydrogens (tertiary/aromatic N) is 2. The number of hydrogen-bond acceptors (Lipinski definition) is 4. The molecule has 0 aliphatic carbocycles. The summed E-state index contributed by atoms with van der Waals surface area (Å²) in [5.74, 6) is -0.0592. The molecule has 110 valence electrons. The number of hydrogen-bond donors (Lipinski definition) is 3. The van der Waals surface area contributed by atoms with Gasteiger partial charge in [-0.2, -0.15) is 0 Å². The SMILES string of the molecule is CC(C)NC(=O)CCNC(=O)c1nc(NC=O)cn1C. The quantitative estimate of drug-likeness (QED) is 0.593. The van der Waals surface area contributed by atoms with Crippen molar-refractivity contribution in [2.24, 2.45) is 7.05 Å². The summed E-state index contributed by atoms with van der Waals surface area (Å²) in [6.45, 7) is 3.96. The van der Waals surface area contributed by atoms with Crippen molar-refractivity contribution >= 4 is 24.0 Å². The van der Waals surface area contributed by atoms with E-state index in [0.717, 1.165) is 0 Å². The van der Waals surface area contributed by atoms with Crippen molar-refractivity contribution in [1.29, 1.82) is 0 Å². The van der Waals surface area contributed by atoms with Gasteiger partial charge in [0.25, 0.3) is 5.91 Å². The maximum atomic E-state index is 11.8. The Kier molecular flexibility index (Phi) is 5.70. The van der Waals surface area contributed by atoms with Crippen LogP contribution in [0.4, 0.5) is 5.82 Å². The molecule has 0 unspecified atom stereocenters. The Morgan fingerprint density at radius 2 is 2.15 bits per heavy atom. The van der Waals surface area contributed by atoms with E-state index in [9.17, 15) is 14.4 Å². The largest absolute Gasteiger partial charge is 0.354 e. The first-order valence-electron chi connectivity index (χ1n) is 6.25. The number of nitrogens with one attached hydrogen (secondary N) is 3. The summed E-state index contributed by atoms with van der Waals surface area (Å²) in [5, 5.41) is 7.69. The van der Waals surface area contributed by atoms with Crippen molar-refractivity contribution in [3.8, 4) is 0 Å². The van der Waals surface area contributed by atoms with Crippen molar-refractivity contribution in [2.45, 2.75) is 26.3 Å². The van der Waals surface area contributed by atoms with Crippen molar-refractivity contribution in [2.75, 3.05) is 11.9 Å². The van der Waals surface area contributed by atoms with E-state index < -0.39 is 5.91 Å². The summed E-state index contributed by atoms with van der Waals surface area (Å²) in [7, 11) is 1.64. The number of carbonyl (C=O) groups excluding carboxylic acids is 3. The summed E-state index contributed by atoms with van der Waals surface area (Å²) in [5.41, 5.74) is 0. The van der Waals surface area contributed by atoms with Gasteiger partial charge in [-0.15, -0.1) is 0 Å². The van der Waals surface area contributed by atoms with Gasteiger partial charge in [0, 0.05) is 32.3 Å². The molecule has 8 heteroatoms. The summed E-state index contributed by atoms with van der Waals surface area (Å²) < 4.78 is 1.50. The third kappa shape index (κ3) is 4.71. The summed E-state index contributed by atoms with van der Waals surface area (Å²) in [4.78, 5) is 37.5. The molecule has 3 amide bonds. The maximum Gasteiger partial charge on any atom is 0.287 e. The average Bonchev–Trinajstić information content (AvgIpc) is 2.69. The van der Waals surface area contributed by atoms with Gasteiger partial charge in [0.15, 0.2) is 5.82 Å². The van der Waals surface area contributed by atoms with Crippen molar-refractivity contribution in [3.05, 3.63) is 12.0 Å². The number of aromatic nitrogens is 2. The molecule has 3 N–H and O–H groups in total. The van der Waals surface area contributed by atoms with Crippen molar-refractivity contribution < 1.29 is 14.4 Å². The van der Waals surface area contributed by atoms with Gasteiger partial charge in [0.2, 0.25) is 18.1 Å². The molecule has 0 saturated heterocycles. The van der Waals surface area contributed by atoms with Gasteiger partial charge in [-0.3, -0.25) is 14.4 Å². The Morgan fingerprint density at radius 3 is 2.75 bits per heavy atom. The van der Waals surface area contributed by atoms with E-state index in [2.05, 4.69) is 20.9 Å². The van der Waals surface area contributed by atoms with Crippen LogP contribution >= 0.6 is 0 Å². The second-order valence-electron chi connectivity index (χ2n) is 4.55. The van der Waals surface area contributed by atoms with Crippen LogP contribution in [0, 0.1) is 0 Å². The third-order valence-corrected chi connectivity index (χ3v) is 2.37. The molecule has 0 saturated carbocycles. The van der Waals surface area contributed by atoms with Crippen LogP contribution in [0.15, 0.2) is 6.20 Å². The molecule has 20 heavy (non-hydrogen) atoms. The summed E-state index contributed by atoms with van der Waals surface area (Å²) in [6.07, 6.45) is 2.21. The molecule has 0 fully saturated rings. The lowest BCUT2D eigenvalue weighted by atomic mass is 10.3. The zero-order valence-corrected chi connectivity index (χ0v) is 11.8.